The van der Waals surface area contributed by atoms with Crippen molar-refractivity contribution in [1.82, 2.24) is 4.90 Å². The van der Waals surface area contributed by atoms with Gasteiger partial charge in [0.2, 0.25) is 0 Å². The van der Waals surface area contributed by atoms with Crippen molar-refractivity contribution in [3.8, 4) is 0 Å². The molecule has 0 aliphatic carbocycles. The summed E-state index contributed by atoms with van der Waals surface area (Å²) in [6.45, 7) is 7.95. The predicted molar refractivity (Wildman–Crippen MR) is 74.9 cm³/mol. The van der Waals surface area contributed by atoms with Crippen LogP contribution in [0.1, 0.15) is 0 Å². The second-order valence-electron chi connectivity index (χ2n) is 4.44. The van der Waals surface area contributed by atoms with E-state index in [0.717, 1.165) is 0 Å². The first kappa shape index (κ1) is 26.3. The zero-order valence-corrected chi connectivity index (χ0v) is 19.1. The molecule has 2 aliphatic rings. The first-order valence-electron chi connectivity index (χ1n) is 6.77. The molecule has 2 fully saturated rings. The summed E-state index contributed by atoms with van der Waals surface area (Å²) in [5, 5.41) is 0. The molecule has 2 aliphatic heterocycles. The average molecular weight is 477 g/mol. The Morgan fingerprint density at radius 2 is 1.70 bits per heavy atom. The fourth-order valence-corrected chi connectivity index (χ4v) is 1.72. The van der Waals surface area contributed by atoms with Gasteiger partial charge in [-0.1, -0.05) is 6.47 Å². The van der Waals surface area contributed by atoms with Crippen LogP contribution in [0.15, 0.2) is 0 Å². The summed E-state index contributed by atoms with van der Waals surface area (Å²) in [6, 6.07) is 0. The molecular weight excluding hydrogens is 458 g/mol. The number of rotatable bonds is 4. The third-order valence-corrected chi connectivity index (χ3v) is 2.79. The maximum atomic E-state index is 10.2. The summed E-state index contributed by atoms with van der Waals surface area (Å²) < 4.78 is 24.9. The molecule has 124 valence electrons. The number of carbonyl (C=O) groups excluding carboxylic acids is 2. The monoisotopic (exact) mass is 477 g/mol. The first-order chi connectivity index (χ1) is 10.2. The van der Waals surface area contributed by atoms with Gasteiger partial charge in [0.1, 0.15) is 0 Å². The van der Waals surface area contributed by atoms with E-state index in [1.54, 1.807) is 6.82 Å². The van der Waals surface area contributed by atoms with Gasteiger partial charge in [0.05, 0.1) is 19.3 Å². The Labute approximate surface area is 188 Å². The van der Waals surface area contributed by atoms with Crippen molar-refractivity contribution in [2.24, 2.45) is 0 Å². The van der Waals surface area contributed by atoms with Crippen LogP contribution < -0.4 is 0 Å². The molecule has 0 aromatic heterocycles. The van der Waals surface area contributed by atoms with Gasteiger partial charge in [-0.3, -0.25) is 0 Å². The number of hydrogen-bond donors (Lipinski definition) is 0. The van der Waals surface area contributed by atoms with Crippen molar-refractivity contribution >= 4 is 27.1 Å². The van der Waals surface area contributed by atoms with E-state index in [9.17, 15) is 9.59 Å². The predicted octanol–water partition coefficient (Wildman–Crippen LogP) is -0.881. The quantitative estimate of drug-likeness (QED) is 0.385. The van der Waals surface area contributed by atoms with Crippen LogP contribution in [0.5, 0.6) is 0 Å². The SMILES string of the molecule is CB1OCC(CO[C-]=O)O1.CB1OCCN([C-]=O)CCO1.[Y].[Y]. The third-order valence-electron chi connectivity index (χ3n) is 2.79. The van der Waals surface area contributed by atoms with Gasteiger partial charge in [-0.15, -0.1) is 0 Å². The molecule has 2 heterocycles. The maximum absolute atomic E-state index is 10.2. The van der Waals surface area contributed by atoms with E-state index in [4.69, 9.17) is 18.6 Å². The molecule has 23 heavy (non-hydrogen) atoms. The van der Waals surface area contributed by atoms with Crippen molar-refractivity contribution in [1.29, 1.82) is 0 Å². The molecule has 1 amide bonds. The van der Waals surface area contributed by atoms with Crippen LogP contribution in [0.2, 0.25) is 13.6 Å². The van der Waals surface area contributed by atoms with Crippen molar-refractivity contribution in [2.75, 3.05) is 39.5 Å². The Hall–Kier alpha value is 1.12. The summed E-state index contributed by atoms with van der Waals surface area (Å²) in [6.07, 6.45) is 1.70. The van der Waals surface area contributed by atoms with Crippen LogP contribution >= 0.6 is 0 Å². The molecule has 2 saturated heterocycles. The molecular formula is C11H19B2NO7Y2-2. The van der Waals surface area contributed by atoms with Crippen molar-refractivity contribution in [2.45, 2.75) is 19.8 Å². The van der Waals surface area contributed by atoms with E-state index >= 15 is 0 Å². The topological polar surface area (TPSA) is 83.5 Å². The first-order valence-corrected chi connectivity index (χ1v) is 6.77. The van der Waals surface area contributed by atoms with Gasteiger partial charge in [0.25, 0.3) is 0 Å². The second kappa shape index (κ2) is 16.6. The second-order valence-corrected chi connectivity index (χ2v) is 4.44. The van der Waals surface area contributed by atoms with Crippen LogP contribution in [0.25, 0.3) is 0 Å². The number of nitrogens with zero attached hydrogens (tertiary/aromatic N) is 1. The Morgan fingerprint density at radius 1 is 1.09 bits per heavy atom. The van der Waals surface area contributed by atoms with Gasteiger partial charge in [-0.2, -0.15) is 6.41 Å². The molecule has 2 rings (SSSR count). The zero-order valence-electron chi connectivity index (χ0n) is 13.4. The fourth-order valence-electron chi connectivity index (χ4n) is 1.72. The fraction of sp³-hybridized carbons (Fsp3) is 0.818. The minimum Gasteiger partial charge on any atom is -0.651 e. The Morgan fingerprint density at radius 3 is 2.13 bits per heavy atom. The normalized spacial score (nSPS) is 20.8. The summed E-state index contributed by atoms with van der Waals surface area (Å²) in [5.74, 6) is 0. The van der Waals surface area contributed by atoms with Crippen LogP contribution in [0.3, 0.4) is 0 Å². The molecule has 0 N–H and O–H groups in total. The van der Waals surface area contributed by atoms with E-state index in [1.165, 1.54) is 11.4 Å². The van der Waals surface area contributed by atoms with E-state index in [2.05, 4.69) is 4.74 Å². The van der Waals surface area contributed by atoms with E-state index in [1.807, 2.05) is 13.2 Å². The molecule has 0 aromatic rings. The molecule has 0 spiro atoms. The molecule has 2 radical (unpaired) electrons. The molecule has 1 unspecified atom stereocenters. The smallest absolute Gasteiger partial charge is 0.454 e. The number of amides is 1. The Balaban J connectivity index is 0. The van der Waals surface area contributed by atoms with Crippen LogP contribution in [0.4, 0.5) is 0 Å². The molecule has 1 atom stereocenters. The van der Waals surface area contributed by atoms with Gasteiger partial charge in [-0.25, -0.2) is 0 Å². The molecule has 12 heteroatoms. The summed E-state index contributed by atoms with van der Waals surface area (Å²) in [5.41, 5.74) is 0. The van der Waals surface area contributed by atoms with E-state index in [0.29, 0.717) is 32.9 Å². The van der Waals surface area contributed by atoms with Crippen molar-refractivity contribution in [3.63, 3.8) is 0 Å². The largest absolute Gasteiger partial charge is 0.651 e. The molecule has 8 nitrogen and oxygen atoms in total. The summed E-state index contributed by atoms with van der Waals surface area (Å²) >= 11 is 0. The van der Waals surface area contributed by atoms with Crippen molar-refractivity contribution < 1.29 is 98.4 Å². The summed E-state index contributed by atoms with van der Waals surface area (Å²) in [4.78, 5) is 21.3. The number of hydrogen-bond acceptors (Lipinski definition) is 7. The number of ether oxygens (including phenoxy) is 1. The molecule has 0 bridgehead atoms. The van der Waals surface area contributed by atoms with Gasteiger partial charge in [0.15, 0.2) is 0 Å². The minimum atomic E-state index is -0.180. The van der Waals surface area contributed by atoms with Crippen LogP contribution in [-0.2, 0) is 98.4 Å². The van der Waals surface area contributed by atoms with Gasteiger partial charge >= 0.3 is 14.2 Å². The minimum absolute atomic E-state index is 0. The maximum Gasteiger partial charge on any atom is 0.454 e. The van der Waals surface area contributed by atoms with Gasteiger partial charge in [0, 0.05) is 91.7 Å². The van der Waals surface area contributed by atoms with Crippen molar-refractivity contribution in [3.05, 3.63) is 0 Å². The van der Waals surface area contributed by atoms with Crippen LogP contribution in [-0.4, -0.2) is 77.6 Å². The standard InChI is InChI=1S/C6H11BNO3.C5H8BO4.2Y/c1-7-10-4-2-8(6-9)3-5-11-7;1-6-9-3-5(10-6)2-8-4-7;;/h2-5H2,1H3;5H,2-3H2,1H3;;/q2*-1;;. The average Bonchev–Trinajstić information content (AvgIpc) is 2.87. The van der Waals surface area contributed by atoms with Gasteiger partial charge in [-0.05, 0) is 13.6 Å². The Kier molecular flexibility index (Phi) is 19.0. The zero-order chi connectivity index (χ0) is 15.5. The van der Waals surface area contributed by atoms with E-state index in [-0.39, 0.29) is 92.4 Å². The van der Waals surface area contributed by atoms with Gasteiger partial charge < -0.3 is 37.8 Å². The summed E-state index contributed by atoms with van der Waals surface area (Å²) in [7, 11) is -0.330. The third kappa shape index (κ3) is 13.0. The Bertz CT molecular complexity index is 310. The van der Waals surface area contributed by atoms with Crippen LogP contribution in [0, 0.1) is 0 Å². The molecule has 0 saturated carbocycles. The molecule has 0 aromatic carbocycles. The van der Waals surface area contributed by atoms with E-state index < -0.39 is 0 Å².